The fourth-order valence-corrected chi connectivity index (χ4v) is 2.91. The number of nitrogens with one attached hydrogen (secondary N) is 1. The Kier molecular flexibility index (Phi) is 5.53. The van der Waals surface area contributed by atoms with Crippen molar-refractivity contribution in [1.29, 1.82) is 0 Å². The normalized spacial score (nSPS) is 11.4. The molecule has 0 saturated heterocycles. The van der Waals surface area contributed by atoms with Gasteiger partial charge in [0.15, 0.2) is 17.2 Å². The molecule has 1 N–H and O–H groups in total. The monoisotopic (exact) mass is 409 g/mol. The number of hydrogen-bond donors (Lipinski definition) is 1. The Balaban J connectivity index is 1.93. The highest BCUT2D eigenvalue weighted by Gasteiger charge is 2.40. The number of amides is 1. The van der Waals surface area contributed by atoms with Crippen LogP contribution in [0.25, 0.3) is 5.65 Å². The maximum Gasteiger partial charge on any atom is 0.435 e. The van der Waals surface area contributed by atoms with Crippen LogP contribution in [0.15, 0.2) is 36.5 Å². The first kappa shape index (κ1) is 20.3. The van der Waals surface area contributed by atoms with Crippen LogP contribution in [0.2, 0.25) is 0 Å². The molecule has 1 amide bonds. The zero-order valence-electron chi connectivity index (χ0n) is 15.8. The average molecular weight is 409 g/mol. The Labute approximate surface area is 164 Å². The molecule has 0 aliphatic carbocycles. The van der Waals surface area contributed by atoms with E-state index in [1.807, 2.05) is 0 Å². The van der Waals surface area contributed by atoms with Gasteiger partial charge in [0, 0.05) is 12.7 Å². The first-order valence-corrected chi connectivity index (χ1v) is 8.41. The van der Waals surface area contributed by atoms with Crippen molar-refractivity contribution in [1.82, 2.24) is 14.7 Å². The number of fused-ring (bicyclic) bond motifs is 1. The van der Waals surface area contributed by atoms with Gasteiger partial charge in [-0.3, -0.25) is 9.20 Å². The summed E-state index contributed by atoms with van der Waals surface area (Å²) in [6, 6.07) is 7.65. The maximum absolute atomic E-state index is 13.4. The smallest absolute Gasteiger partial charge is 0.435 e. The highest BCUT2D eigenvalue weighted by Crippen LogP contribution is 2.38. The standard InChI is InChI=1S/C19H18F3N3O4/c1-27-12-8-11(9-13(28-2)16(12)29-3)10-23-18(26)15-17(19(20,21)22)24-14-6-4-5-7-25(14)15/h4-9H,10H2,1-3H3,(H,23,26). The van der Waals surface area contributed by atoms with Gasteiger partial charge in [-0.2, -0.15) is 13.2 Å². The van der Waals surface area contributed by atoms with E-state index in [-0.39, 0.29) is 12.2 Å². The lowest BCUT2D eigenvalue weighted by atomic mass is 10.1. The van der Waals surface area contributed by atoms with Crippen LogP contribution >= 0.6 is 0 Å². The van der Waals surface area contributed by atoms with Crippen LogP contribution in [0.4, 0.5) is 13.2 Å². The quantitative estimate of drug-likeness (QED) is 0.676. The molecule has 29 heavy (non-hydrogen) atoms. The number of ether oxygens (including phenoxy) is 3. The molecule has 0 fully saturated rings. The predicted molar refractivity (Wildman–Crippen MR) is 97.5 cm³/mol. The van der Waals surface area contributed by atoms with Crippen molar-refractivity contribution in [3.8, 4) is 17.2 Å². The van der Waals surface area contributed by atoms with Crippen molar-refractivity contribution >= 4 is 11.6 Å². The Morgan fingerprint density at radius 2 is 1.76 bits per heavy atom. The predicted octanol–water partition coefficient (Wildman–Crippen LogP) is 3.31. The van der Waals surface area contributed by atoms with Crippen LogP contribution in [-0.4, -0.2) is 36.6 Å². The SMILES string of the molecule is COc1cc(CNC(=O)c2c(C(F)(F)F)nc3ccccn23)cc(OC)c1OC. The number of benzene rings is 1. The Morgan fingerprint density at radius 3 is 2.31 bits per heavy atom. The zero-order chi connectivity index (χ0) is 21.2. The van der Waals surface area contributed by atoms with E-state index in [1.165, 1.54) is 39.7 Å². The number of carbonyl (C=O) groups is 1. The summed E-state index contributed by atoms with van der Waals surface area (Å²) in [4.78, 5) is 16.2. The third-order valence-electron chi connectivity index (χ3n) is 4.19. The van der Waals surface area contributed by atoms with Gasteiger partial charge in [0.1, 0.15) is 11.3 Å². The van der Waals surface area contributed by atoms with Crippen LogP contribution in [0, 0.1) is 0 Å². The molecule has 2 heterocycles. The molecule has 0 unspecified atom stereocenters. The number of carbonyl (C=O) groups excluding carboxylic acids is 1. The van der Waals surface area contributed by atoms with Crippen molar-refractivity contribution in [2.24, 2.45) is 0 Å². The lowest BCUT2D eigenvalue weighted by molar-refractivity contribution is -0.141. The minimum absolute atomic E-state index is 0.0257. The number of nitrogens with zero attached hydrogens (tertiary/aromatic N) is 2. The van der Waals surface area contributed by atoms with E-state index in [9.17, 15) is 18.0 Å². The van der Waals surface area contributed by atoms with E-state index in [0.29, 0.717) is 22.8 Å². The molecular formula is C19H18F3N3O4. The lowest BCUT2D eigenvalue weighted by Gasteiger charge is -2.14. The Morgan fingerprint density at radius 1 is 1.10 bits per heavy atom. The molecule has 1 aromatic carbocycles. The average Bonchev–Trinajstić information content (AvgIpc) is 3.11. The second kappa shape index (κ2) is 7.90. The molecule has 10 heteroatoms. The van der Waals surface area contributed by atoms with Crippen molar-refractivity contribution in [3.63, 3.8) is 0 Å². The number of alkyl halides is 3. The van der Waals surface area contributed by atoms with Crippen LogP contribution < -0.4 is 19.5 Å². The molecule has 0 radical (unpaired) electrons. The molecule has 3 rings (SSSR count). The molecule has 0 aliphatic rings. The van der Waals surface area contributed by atoms with Gasteiger partial charge >= 0.3 is 6.18 Å². The Bertz CT molecular complexity index is 1020. The molecule has 0 spiro atoms. The van der Waals surface area contributed by atoms with Crippen LogP contribution in [0.3, 0.4) is 0 Å². The third-order valence-corrected chi connectivity index (χ3v) is 4.19. The molecule has 7 nitrogen and oxygen atoms in total. The molecular weight excluding hydrogens is 391 g/mol. The molecule has 0 bridgehead atoms. The van der Waals surface area contributed by atoms with Gasteiger partial charge in [0.2, 0.25) is 5.75 Å². The third kappa shape index (κ3) is 3.91. The van der Waals surface area contributed by atoms with Gasteiger partial charge in [0.05, 0.1) is 21.3 Å². The second-order valence-electron chi connectivity index (χ2n) is 5.95. The van der Waals surface area contributed by atoms with Gasteiger partial charge in [-0.15, -0.1) is 0 Å². The summed E-state index contributed by atoms with van der Waals surface area (Å²) >= 11 is 0. The molecule has 2 aromatic heterocycles. The van der Waals surface area contributed by atoms with Crippen molar-refractivity contribution in [3.05, 3.63) is 53.5 Å². The van der Waals surface area contributed by atoms with E-state index < -0.39 is 23.5 Å². The van der Waals surface area contributed by atoms with Crippen molar-refractivity contribution in [2.45, 2.75) is 12.7 Å². The topological polar surface area (TPSA) is 74.1 Å². The largest absolute Gasteiger partial charge is 0.493 e. The minimum atomic E-state index is -4.77. The summed E-state index contributed by atoms with van der Waals surface area (Å²) in [7, 11) is 4.33. The summed E-state index contributed by atoms with van der Waals surface area (Å²) < 4.78 is 57.0. The summed E-state index contributed by atoms with van der Waals surface area (Å²) in [5.41, 5.74) is -1.25. The second-order valence-corrected chi connectivity index (χ2v) is 5.95. The zero-order valence-corrected chi connectivity index (χ0v) is 15.8. The van der Waals surface area contributed by atoms with Gasteiger partial charge in [-0.25, -0.2) is 4.98 Å². The van der Waals surface area contributed by atoms with E-state index in [0.717, 1.165) is 4.40 Å². The van der Waals surface area contributed by atoms with Gasteiger partial charge in [-0.1, -0.05) is 6.07 Å². The summed E-state index contributed by atoms with van der Waals surface area (Å²) in [6.07, 6.45) is -3.42. The van der Waals surface area contributed by atoms with Gasteiger partial charge in [-0.05, 0) is 29.8 Å². The van der Waals surface area contributed by atoms with Crippen LogP contribution in [-0.2, 0) is 12.7 Å². The fraction of sp³-hybridized carbons (Fsp3) is 0.263. The molecule has 0 aliphatic heterocycles. The first-order valence-electron chi connectivity index (χ1n) is 8.41. The summed E-state index contributed by atoms with van der Waals surface area (Å²) in [5.74, 6) is 0.180. The summed E-state index contributed by atoms with van der Waals surface area (Å²) in [5, 5.41) is 2.49. The van der Waals surface area contributed by atoms with E-state index >= 15 is 0 Å². The Hall–Kier alpha value is -3.43. The number of hydrogen-bond acceptors (Lipinski definition) is 5. The molecule has 154 valence electrons. The minimum Gasteiger partial charge on any atom is -0.493 e. The lowest BCUT2D eigenvalue weighted by Crippen LogP contribution is -2.27. The number of rotatable bonds is 6. The molecule has 3 aromatic rings. The van der Waals surface area contributed by atoms with E-state index in [1.54, 1.807) is 18.2 Å². The maximum atomic E-state index is 13.4. The summed E-state index contributed by atoms with van der Waals surface area (Å²) in [6.45, 7) is -0.0626. The van der Waals surface area contributed by atoms with Crippen molar-refractivity contribution in [2.75, 3.05) is 21.3 Å². The molecule has 0 atom stereocenters. The van der Waals surface area contributed by atoms with Crippen LogP contribution in [0.5, 0.6) is 17.2 Å². The van der Waals surface area contributed by atoms with Gasteiger partial charge in [0.25, 0.3) is 5.91 Å². The van der Waals surface area contributed by atoms with E-state index in [4.69, 9.17) is 14.2 Å². The number of aromatic nitrogens is 2. The molecule has 0 saturated carbocycles. The fourth-order valence-electron chi connectivity index (χ4n) is 2.91. The number of methoxy groups -OCH3 is 3. The van der Waals surface area contributed by atoms with E-state index in [2.05, 4.69) is 10.3 Å². The number of imidazole rings is 1. The number of halogens is 3. The van der Waals surface area contributed by atoms with Crippen molar-refractivity contribution < 1.29 is 32.2 Å². The first-order chi connectivity index (χ1) is 13.8. The number of pyridine rings is 1. The highest BCUT2D eigenvalue weighted by atomic mass is 19.4. The van der Waals surface area contributed by atoms with Gasteiger partial charge < -0.3 is 19.5 Å². The van der Waals surface area contributed by atoms with Crippen LogP contribution in [0.1, 0.15) is 21.7 Å². The highest BCUT2D eigenvalue weighted by molar-refractivity contribution is 5.95.